The van der Waals surface area contributed by atoms with E-state index in [9.17, 15) is 0 Å². The van der Waals surface area contributed by atoms with Gasteiger partial charge in [-0.2, -0.15) is 0 Å². The van der Waals surface area contributed by atoms with Gasteiger partial charge in [0.2, 0.25) is 0 Å². The van der Waals surface area contributed by atoms with Crippen molar-refractivity contribution in [2.24, 2.45) is 0 Å². The van der Waals surface area contributed by atoms with E-state index in [0.29, 0.717) is 5.02 Å². The molecule has 1 aromatic rings. The van der Waals surface area contributed by atoms with Crippen LogP contribution >= 0.6 is 11.6 Å². The third kappa shape index (κ3) is 2.68. The number of rotatable bonds is 1. The normalized spacial score (nSPS) is 10.8. The molecular formula is C12H14ClN. The minimum atomic E-state index is 0.0793. The van der Waals surface area contributed by atoms with Gasteiger partial charge in [0.1, 0.15) is 0 Å². The van der Waals surface area contributed by atoms with Gasteiger partial charge in [-0.15, -0.1) is 0 Å². The SMILES string of the molecule is C#CNc1cc(Cl)cc(C(C)(C)C)c1. The minimum Gasteiger partial charge on any atom is -0.315 e. The third-order valence-electron chi connectivity index (χ3n) is 1.98. The first-order chi connectivity index (χ1) is 6.43. The molecular weight excluding hydrogens is 194 g/mol. The van der Waals surface area contributed by atoms with Crippen molar-refractivity contribution in [3.05, 3.63) is 28.8 Å². The molecule has 0 amide bonds. The maximum Gasteiger partial charge on any atom is 0.0476 e. The fourth-order valence-corrected chi connectivity index (χ4v) is 1.41. The van der Waals surface area contributed by atoms with E-state index in [1.165, 1.54) is 5.56 Å². The quantitative estimate of drug-likeness (QED) is 0.548. The molecule has 1 N–H and O–H groups in total. The number of hydrogen-bond acceptors (Lipinski definition) is 1. The molecule has 0 heterocycles. The average Bonchev–Trinajstić information content (AvgIpc) is 2.02. The second-order valence-corrected chi connectivity index (χ2v) is 4.68. The number of nitrogens with one attached hydrogen (secondary N) is 1. The largest absolute Gasteiger partial charge is 0.315 e. The highest BCUT2D eigenvalue weighted by atomic mass is 35.5. The summed E-state index contributed by atoms with van der Waals surface area (Å²) >= 11 is 5.98. The topological polar surface area (TPSA) is 12.0 Å². The smallest absolute Gasteiger partial charge is 0.0476 e. The van der Waals surface area contributed by atoms with Crippen LogP contribution in [0.3, 0.4) is 0 Å². The minimum absolute atomic E-state index is 0.0793. The Morgan fingerprint density at radius 3 is 2.43 bits per heavy atom. The number of hydrogen-bond donors (Lipinski definition) is 1. The van der Waals surface area contributed by atoms with E-state index in [1.807, 2.05) is 18.2 Å². The van der Waals surface area contributed by atoms with E-state index in [4.69, 9.17) is 18.0 Å². The predicted molar refractivity (Wildman–Crippen MR) is 62.6 cm³/mol. The zero-order valence-corrected chi connectivity index (χ0v) is 9.44. The highest BCUT2D eigenvalue weighted by Gasteiger charge is 2.14. The zero-order chi connectivity index (χ0) is 10.8. The molecule has 0 aliphatic rings. The van der Waals surface area contributed by atoms with Gasteiger partial charge >= 0.3 is 0 Å². The van der Waals surface area contributed by atoms with Crippen molar-refractivity contribution in [2.75, 3.05) is 5.32 Å². The fraction of sp³-hybridized carbons (Fsp3) is 0.333. The summed E-state index contributed by atoms with van der Waals surface area (Å²) in [6, 6.07) is 8.18. The van der Waals surface area contributed by atoms with Crippen molar-refractivity contribution in [1.29, 1.82) is 0 Å². The van der Waals surface area contributed by atoms with Crippen LogP contribution in [0.2, 0.25) is 5.02 Å². The Labute approximate surface area is 90.5 Å². The van der Waals surface area contributed by atoms with Crippen molar-refractivity contribution < 1.29 is 0 Å². The highest BCUT2D eigenvalue weighted by Crippen LogP contribution is 2.28. The molecule has 0 aliphatic heterocycles. The van der Waals surface area contributed by atoms with Crippen molar-refractivity contribution >= 4 is 17.3 Å². The van der Waals surface area contributed by atoms with Gasteiger partial charge in [-0.1, -0.05) is 38.8 Å². The lowest BCUT2D eigenvalue weighted by atomic mass is 9.87. The molecule has 0 saturated carbocycles. The van der Waals surface area contributed by atoms with Gasteiger partial charge in [0, 0.05) is 16.8 Å². The van der Waals surface area contributed by atoms with Gasteiger partial charge in [0.05, 0.1) is 0 Å². The first-order valence-electron chi connectivity index (χ1n) is 4.46. The lowest BCUT2D eigenvalue weighted by Crippen LogP contribution is -2.11. The predicted octanol–water partition coefficient (Wildman–Crippen LogP) is 3.64. The summed E-state index contributed by atoms with van der Waals surface area (Å²) in [4.78, 5) is 0. The number of benzene rings is 1. The van der Waals surface area contributed by atoms with Crippen molar-refractivity contribution in [2.45, 2.75) is 26.2 Å². The molecule has 0 bridgehead atoms. The second-order valence-electron chi connectivity index (χ2n) is 4.25. The first-order valence-corrected chi connectivity index (χ1v) is 4.84. The van der Waals surface area contributed by atoms with Crippen molar-refractivity contribution in [3.8, 4) is 12.5 Å². The number of terminal acetylenes is 1. The summed E-state index contributed by atoms with van der Waals surface area (Å²) in [7, 11) is 0. The van der Waals surface area contributed by atoms with Crippen LogP contribution in [0, 0.1) is 12.5 Å². The van der Waals surface area contributed by atoms with Gasteiger partial charge in [-0.25, -0.2) is 0 Å². The van der Waals surface area contributed by atoms with Crippen molar-refractivity contribution in [3.63, 3.8) is 0 Å². The molecule has 0 unspecified atom stereocenters. The lowest BCUT2D eigenvalue weighted by molar-refractivity contribution is 0.590. The van der Waals surface area contributed by atoms with Crippen LogP contribution in [0.4, 0.5) is 5.69 Å². The molecule has 0 aromatic heterocycles. The van der Waals surface area contributed by atoms with Crippen molar-refractivity contribution in [1.82, 2.24) is 0 Å². The van der Waals surface area contributed by atoms with E-state index in [0.717, 1.165) is 5.69 Å². The summed E-state index contributed by atoms with van der Waals surface area (Å²) in [6.07, 6.45) is 5.17. The summed E-state index contributed by atoms with van der Waals surface area (Å²) in [5.41, 5.74) is 2.11. The molecule has 0 saturated heterocycles. The standard InChI is InChI=1S/C12H14ClN/c1-5-14-11-7-9(12(2,3)4)6-10(13)8-11/h1,6-8,14H,2-4H3. The van der Waals surface area contributed by atoms with E-state index in [1.54, 1.807) is 0 Å². The molecule has 0 radical (unpaired) electrons. The summed E-state index contributed by atoms with van der Waals surface area (Å²) in [6.45, 7) is 6.41. The van der Waals surface area contributed by atoms with Gasteiger partial charge in [-0.05, 0) is 29.2 Å². The third-order valence-corrected chi connectivity index (χ3v) is 2.20. The number of anilines is 1. The van der Waals surface area contributed by atoms with E-state index < -0.39 is 0 Å². The Morgan fingerprint density at radius 2 is 1.93 bits per heavy atom. The molecule has 2 heteroatoms. The molecule has 14 heavy (non-hydrogen) atoms. The Balaban J connectivity index is 3.15. The molecule has 0 spiro atoms. The first kappa shape index (κ1) is 10.9. The van der Waals surface area contributed by atoms with Crippen LogP contribution in [-0.4, -0.2) is 0 Å². The van der Waals surface area contributed by atoms with Gasteiger partial charge in [0.25, 0.3) is 0 Å². The fourth-order valence-electron chi connectivity index (χ4n) is 1.18. The van der Waals surface area contributed by atoms with Crippen LogP contribution < -0.4 is 5.32 Å². The molecule has 0 atom stereocenters. The highest BCUT2D eigenvalue weighted by molar-refractivity contribution is 6.31. The molecule has 1 nitrogen and oxygen atoms in total. The molecule has 0 fully saturated rings. The van der Waals surface area contributed by atoms with Gasteiger partial charge in [0.15, 0.2) is 0 Å². The average molecular weight is 208 g/mol. The molecule has 1 aromatic carbocycles. The Kier molecular flexibility index (Phi) is 3.08. The Hall–Kier alpha value is -1.13. The van der Waals surface area contributed by atoms with Crippen LogP contribution in [0.5, 0.6) is 0 Å². The Bertz CT molecular complexity index is 369. The van der Waals surface area contributed by atoms with E-state index in [2.05, 4.69) is 32.1 Å². The molecule has 74 valence electrons. The van der Waals surface area contributed by atoms with Crippen LogP contribution in [-0.2, 0) is 5.41 Å². The van der Waals surface area contributed by atoms with E-state index >= 15 is 0 Å². The van der Waals surface area contributed by atoms with Crippen LogP contribution in [0.25, 0.3) is 0 Å². The summed E-state index contributed by atoms with van der Waals surface area (Å²) < 4.78 is 0. The maximum atomic E-state index is 5.98. The Morgan fingerprint density at radius 1 is 1.29 bits per heavy atom. The molecule has 1 rings (SSSR count). The lowest BCUT2D eigenvalue weighted by Gasteiger charge is -2.20. The van der Waals surface area contributed by atoms with Crippen LogP contribution in [0.1, 0.15) is 26.3 Å². The zero-order valence-electron chi connectivity index (χ0n) is 8.69. The summed E-state index contributed by atoms with van der Waals surface area (Å²) in [5, 5.41) is 3.51. The number of halogens is 1. The van der Waals surface area contributed by atoms with Gasteiger partial charge < -0.3 is 5.32 Å². The monoisotopic (exact) mass is 207 g/mol. The maximum absolute atomic E-state index is 5.98. The molecule has 0 aliphatic carbocycles. The van der Waals surface area contributed by atoms with Gasteiger partial charge in [-0.3, -0.25) is 0 Å². The van der Waals surface area contributed by atoms with E-state index in [-0.39, 0.29) is 5.41 Å². The summed E-state index contributed by atoms with van der Waals surface area (Å²) in [5.74, 6) is 0. The second kappa shape index (κ2) is 3.94. The van der Waals surface area contributed by atoms with Crippen LogP contribution in [0.15, 0.2) is 18.2 Å².